The summed E-state index contributed by atoms with van der Waals surface area (Å²) in [5, 5.41) is 3.71. The number of hydrogen-bond acceptors (Lipinski definition) is 2. The Hall–Kier alpha value is -0.520. The fourth-order valence-electron chi connectivity index (χ4n) is 3.33. The van der Waals surface area contributed by atoms with Crippen molar-refractivity contribution in [1.82, 2.24) is 5.32 Å². The van der Waals surface area contributed by atoms with Crippen LogP contribution in [0.1, 0.15) is 72.6 Å². The van der Waals surface area contributed by atoms with Crippen LogP contribution in [-0.4, -0.2) is 24.8 Å². The van der Waals surface area contributed by atoms with Crippen LogP contribution in [0.15, 0.2) is 0 Å². The molecule has 0 saturated heterocycles. The summed E-state index contributed by atoms with van der Waals surface area (Å²) < 4.78 is 6.29. The van der Waals surface area contributed by atoms with E-state index < -0.39 is 0 Å². The SMILES string of the molecule is C#CCCC(NCCC)C1(OCC)CCC(C)(C)CC1. The third kappa shape index (κ3) is 4.79. The average molecular weight is 279 g/mol. The van der Waals surface area contributed by atoms with Crippen LogP contribution in [0, 0.1) is 17.8 Å². The highest BCUT2D eigenvalue weighted by molar-refractivity contribution is 5.00. The van der Waals surface area contributed by atoms with Gasteiger partial charge in [0.15, 0.2) is 0 Å². The van der Waals surface area contributed by atoms with Crippen molar-refractivity contribution in [3.8, 4) is 12.3 Å². The van der Waals surface area contributed by atoms with Gasteiger partial charge in [0, 0.05) is 19.1 Å². The Bertz CT molecular complexity index is 306. The lowest BCUT2D eigenvalue weighted by Crippen LogP contribution is -2.55. The summed E-state index contributed by atoms with van der Waals surface area (Å²) in [5.74, 6) is 2.79. The van der Waals surface area contributed by atoms with E-state index in [9.17, 15) is 0 Å². The van der Waals surface area contributed by atoms with Gasteiger partial charge in [-0.25, -0.2) is 0 Å². The summed E-state index contributed by atoms with van der Waals surface area (Å²) in [6.07, 6.45) is 13.3. The Labute approximate surface area is 126 Å². The van der Waals surface area contributed by atoms with E-state index in [-0.39, 0.29) is 5.60 Å². The highest BCUT2D eigenvalue weighted by Gasteiger charge is 2.44. The molecule has 1 atom stereocenters. The molecule has 0 radical (unpaired) electrons. The first-order chi connectivity index (χ1) is 9.49. The van der Waals surface area contributed by atoms with Crippen molar-refractivity contribution in [2.24, 2.45) is 5.41 Å². The molecule has 0 amide bonds. The number of hydrogen-bond donors (Lipinski definition) is 1. The molecular weight excluding hydrogens is 246 g/mol. The Kier molecular flexibility index (Phi) is 7.06. The van der Waals surface area contributed by atoms with E-state index in [1.165, 1.54) is 12.8 Å². The molecule has 2 heteroatoms. The van der Waals surface area contributed by atoms with Gasteiger partial charge < -0.3 is 10.1 Å². The topological polar surface area (TPSA) is 21.3 Å². The molecule has 0 bridgehead atoms. The molecule has 116 valence electrons. The second-order valence-electron chi connectivity index (χ2n) is 6.91. The molecule has 1 N–H and O–H groups in total. The summed E-state index contributed by atoms with van der Waals surface area (Å²) in [7, 11) is 0. The quantitative estimate of drug-likeness (QED) is 0.674. The van der Waals surface area contributed by atoms with Crippen LogP contribution in [0.3, 0.4) is 0 Å². The van der Waals surface area contributed by atoms with Gasteiger partial charge in [0.1, 0.15) is 0 Å². The van der Waals surface area contributed by atoms with Crippen LogP contribution in [0.5, 0.6) is 0 Å². The molecule has 0 heterocycles. The summed E-state index contributed by atoms with van der Waals surface area (Å²) >= 11 is 0. The van der Waals surface area contributed by atoms with Gasteiger partial charge in [-0.1, -0.05) is 20.8 Å². The van der Waals surface area contributed by atoms with Crippen LogP contribution in [-0.2, 0) is 4.74 Å². The zero-order valence-corrected chi connectivity index (χ0v) is 13.9. The summed E-state index contributed by atoms with van der Waals surface area (Å²) in [6.45, 7) is 10.9. The molecule has 0 aromatic rings. The summed E-state index contributed by atoms with van der Waals surface area (Å²) in [4.78, 5) is 0. The van der Waals surface area contributed by atoms with Gasteiger partial charge in [-0.15, -0.1) is 12.3 Å². The number of ether oxygens (including phenoxy) is 1. The highest BCUT2D eigenvalue weighted by atomic mass is 16.5. The van der Waals surface area contributed by atoms with Crippen LogP contribution in [0.2, 0.25) is 0 Å². The largest absolute Gasteiger partial charge is 0.374 e. The molecular formula is C18H33NO. The lowest BCUT2D eigenvalue weighted by molar-refractivity contribution is -0.107. The molecule has 1 saturated carbocycles. The maximum Gasteiger partial charge on any atom is 0.0835 e. The first-order valence-electron chi connectivity index (χ1n) is 8.30. The van der Waals surface area contributed by atoms with Crippen molar-refractivity contribution in [1.29, 1.82) is 0 Å². The van der Waals surface area contributed by atoms with Crippen molar-refractivity contribution in [2.45, 2.75) is 84.3 Å². The van der Waals surface area contributed by atoms with Crippen molar-refractivity contribution >= 4 is 0 Å². The number of terminal acetylenes is 1. The van der Waals surface area contributed by atoms with Crippen LogP contribution < -0.4 is 5.32 Å². The second kappa shape index (κ2) is 8.05. The maximum atomic E-state index is 6.29. The lowest BCUT2D eigenvalue weighted by atomic mass is 9.67. The Balaban J connectivity index is 2.80. The summed E-state index contributed by atoms with van der Waals surface area (Å²) in [5.41, 5.74) is 0.457. The molecule has 0 aromatic carbocycles. The molecule has 20 heavy (non-hydrogen) atoms. The zero-order chi connectivity index (χ0) is 15.1. The van der Waals surface area contributed by atoms with E-state index in [4.69, 9.17) is 11.2 Å². The molecule has 0 aliphatic heterocycles. The van der Waals surface area contributed by atoms with Gasteiger partial charge in [0.05, 0.1) is 5.60 Å². The Morgan fingerprint density at radius 1 is 1.20 bits per heavy atom. The third-order valence-electron chi connectivity index (χ3n) is 4.73. The van der Waals surface area contributed by atoms with E-state index in [0.717, 1.165) is 45.3 Å². The highest BCUT2D eigenvalue weighted by Crippen LogP contribution is 2.44. The Morgan fingerprint density at radius 3 is 2.35 bits per heavy atom. The second-order valence-corrected chi connectivity index (χ2v) is 6.91. The first-order valence-corrected chi connectivity index (χ1v) is 8.30. The van der Waals surface area contributed by atoms with Gasteiger partial charge >= 0.3 is 0 Å². The van der Waals surface area contributed by atoms with E-state index in [1.807, 2.05) is 0 Å². The molecule has 1 unspecified atom stereocenters. The van der Waals surface area contributed by atoms with Gasteiger partial charge in [0.2, 0.25) is 0 Å². The van der Waals surface area contributed by atoms with Gasteiger partial charge in [0.25, 0.3) is 0 Å². The van der Waals surface area contributed by atoms with Crippen molar-refractivity contribution < 1.29 is 4.74 Å². The molecule has 1 aliphatic carbocycles. The standard InChI is InChI=1S/C18H33NO/c1-6-9-10-16(19-15-7-2)18(20-8-3)13-11-17(4,5)12-14-18/h1,16,19H,7-15H2,2-5H3. The van der Waals surface area contributed by atoms with Gasteiger partial charge in [-0.2, -0.15) is 0 Å². The maximum absolute atomic E-state index is 6.29. The zero-order valence-electron chi connectivity index (χ0n) is 13.9. The molecule has 1 rings (SSSR count). The van der Waals surface area contributed by atoms with Gasteiger partial charge in [-0.05, 0) is 57.4 Å². The molecule has 1 aliphatic rings. The lowest BCUT2D eigenvalue weighted by Gasteiger charge is -2.48. The minimum absolute atomic E-state index is 0.00368. The van der Waals surface area contributed by atoms with Gasteiger partial charge in [-0.3, -0.25) is 0 Å². The van der Waals surface area contributed by atoms with E-state index in [2.05, 4.69) is 38.9 Å². The van der Waals surface area contributed by atoms with E-state index in [0.29, 0.717) is 11.5 Å². The molecule has 0 spiro atoms. The minimum atomic E-state index is -0.00368. The van der Waals surface area contributed by atoms with Crippen LogP contribution in [0.4, 0.5) is 0 Å². The van der Waals surface area contributed by atoms with Crippen molar-refractivity contribution in [2.75, 3.05) is 13.2 Å². The van der Waals surface area contributed by atoms with Crippen LogP contribution in [0.25, 0.3) is 0 Å². The van der Waals surface area contributed by atoms with Crippen LogP contribution >= 0.6 is 0 Å². The first kappa shape index (κ1) is 17.5. The number of nitrogens with one attached hydrogen (secondary N) is 1. The fraction of sp³-hybridized carbons (Fsp3) is 0.889. The molecule has 0 aromatic heterocycles. The predicted octanol–water partition coefficient (Wildman–Crippen LogP) is 4.14. The fourth-order valence-corrected chi connectivity index (χ4v) is 3.33. The predicted molar refractivity (Wildman–Crippen MR) is 86.8 cm³/mol. The average Bonchev–Trinajstić information content (AvgIpc) is 2.42. The third-order valence-corrected chi connectivity index (χ3v) is 4.73. The van der Waals surface area contributed by atoms with E-state index in [1.54, 1.807) is 0 Å². The minimum Gasteiger partial charge on any atom is -0.374 e. The summed E-state index contributed by atoms with van der Waals surface area (Å²) in [6, 6.07) is 0.398. The molecule has 2 nitrogen and oxygen atoms in total. The van der Waals surface area contributed by atoms with Crippen molar-refractivity contribution in [3.05, 3.63) is 0 Å². The normalized spacial score (nSPS) is 22.1. The number of rotatable bonds is 8. The van der Waals surface area contributed by atoms with Crippen molar-refractivity contribution in [3.63, 3.8) is 0 Å². The Morgan fingerprint density at radius 2 is 1.85 bits per heavy atom. The monoisotopic (exact) mass is 279 g/mol. The van der Waals surface area contributed by atoms with E-state index >= 15 is 0 Å². The smallest absolute Gasteiger partial charge is 0.0835 e. The molecule has 1 fully saturated rings.